The van der Waals surface area contributed by atoms with Crippen molar-refractivity contribution in [1.82, 2.24) is 15.1 Å². The summed E-state index contributed by atoms with van der Waals surface area (Å²) in [5, 5.41) is 3.33. The first kappa shape index (κ1) is 19.9. The van der Waals surface area contributed by atoms with Gasteiger partial charge in [0.15, 0.2) is 0 Å². The maximum absolute atomic E-state index is 12.7. The summed E-state index contributed by atoms with van der Waals surface area (Å²) in [6.07, 6.45) is 2.37. The molecule has 2 rings (SSSR count). The van der Waals surface area contributed by atoms with Crippen LogP contribution in [0, 0.1) is 0 Å². The van der Waals surface area contributed by atoms with E-state index in [2.05, 4.69) is 36.2 Å². The number of halogens is 1. The van der Waals surface area contributed by atoms with Crippen LogP contribution in [0.4, 0.5) is 0 Å². The predicted octanol–water partition coefficient (Wildman–Crippen LogP) is 2.53. The molecular formula is C18H30ClN3O. The molecule has 0 aromatic heterocycles. The van der Waals surface area contributed by atoms with Gasteiger partial charge in [-0.2, -0.15) is 0 Å². The molecule has 1 amide bonds. The van der Waals surface area contributed by atoms with Gasteiger partial charge in [0.05, 0.1) is 6.54 Å². The summed E-state index contributed by atoms with van der Waals surface area (Å²) in [6.45, 7) is 7.41. The van der Waals surface area contributed by atoms with Crippen molar-refractivity contribution in [3.8, 4) is 0 Å². The van der Waals surface area contributed by atoms with Crippen LogP contribution in [-0.4, -0.2) is 54.5 Å². The third-order valence-electron chi connectivity index (χ3n) is 4.41. The highest BCUT2D eigenvalue weighted by molar-refractivity contribution is 5.85. The summed E-state index contributed by atoms with van der Waals surface area (Å²) in [5.74, 6) is 0.232. The monoisotopic (exact) mass is 339 g/mol. The minimum Gasteiger partial charge on any atom is -0.335 e. The number of rotatable bonds is 6. The van der Waals surface area contributed by atoms with E-state index in [4.69, 9.17) is 0 Å². The molecule has 130 valence electrons. The average Bonchev–Trinajstić information content (AvgIpc) is 2.53. The Kier molecular flexibility index (Phi) is 8.59. The first-order chi connectivity index (χ1) is 10.6. The van der Waals surface area contributed by atoms with Gasteiger partial charge in [-0.15, -0.1) is 12.4 Å². The lowest BCUT2D eigenvalue weighted by atomic mass is 10.1. The van der Waals surface area contributed by atoms with Gasteiger partial charge < -0.3 is 10.2 Å². The number of benzene rings is 1. The molecule has 0 bridgehead atoms. The SMILES string of the molecule is CNC1CCCN(CC(=O)N(Cc2ccccc2)C(C)C)C1.Cl. The van der Waals surface area contributed by atoms with E-state index in [1.54, 1.807) is 0 Å². The molecular weight excluding hydrogens is 310 g/mol. The highest BCUT2D eigenvalue weighted by atomic mass is 35.5. The standard InChI is InChI=1S/C18H29N3O.ClH/c1-15(2)21(12-16-8-5-4-6-9-16)18(22)14-20-11-7-10-17(13-20)19-3;/h4-6,8-9,15,17,19H,7,10-14H2,1-3H3;1H. The van der Waals surface area contributed by atoms with Crippen LogP contribution >= 0.6 is 12.4 Å². The molecule has 1 aromatic rings. The molecule has 0 saturated carbocycles. The summed E-state index contributed by atoms with van der Waals surface area (Å²) < 4.78 is 0. The Labute approximate surface area is 146 Å². The lowest BCUT2D eigenvalue weighted by Crippen LogP contribution is -2.49. The highest BCUT2D eigenvalue weighted by Crippen LogP contribution is 2.13. The molecule has 0 aliphatic carbocycles. The van der Waals surface area contributed by atoms with Crippen LogP contribution in [0.1, 0.15) is 32.3 Å². The van der Waals surface area contributed by atoms with Crippen LogP contribution in [-0.2, 0) is 11.3 Å². The van der Waals surface area contributed by atoms with Gasteiger partial charge in [-0.3, -0.25) is 9.69 Å². The van der Waals surface area contributed by atoms with Gasteiger partial charge in [-0.1, -0.05) is 30.3 Å². The fourth-order valence-electron chi connectivity index (χ4n) is 3.06. The van der Waals surface area contributed by atoms with Crippen molar-refractivity contribution < 1.29 is 4.79 Å². The summed E-state index contributed by atoms with van der Waals surface area (Å²) in [7, 11) is 2.01. The second-order valence-electron chi connectivity index (χ2n) is 6.46. The second kappa shape index (κ2) is 9.91. The van der Waals surface area contributed by atoms with Gasteiger partial charge >= 0.3 is 0 Å². The molecule has 1 aliphatic heterocycles. The fourth-order valence-corrected chi connectivity index (χ4v) is 3.06. The molecule has 0 radical (unpaired) electrons. The smallest absolute Gasteiger partial charge is 0.237 e. The molecule has 1 fully saturated rings. The number of hydrogen-bond donors (Lipinski definition) is 1. The zero-order valence-corrected chi connectivity index (χ0v) is 15.3. The number of likely N-dealkylation sites (N-methyl/N-ethyl adjacent to an activating group) is 1. The van der Waals surface area contributed by atoms with Crippen LogP contribution in [0.15, 0.2) is 30.3 Å². The van der Waals surface area contributed by atoms with Crippen molar-refractivity contribution in [2.75, 3.05) is 26.7 Å². The summed E-state index contributed by atoms with van der Waals surface area (Å²) in [6, 6.07) is 11.0. The molecule has 4 nitrogen and oxygen atoms in total. The summed E-state index contributed by atoms with van der Waals surface area (Å²) in [4.78, 5) is 17.0. The number of nitrogens with zero attached hydrogens (tertiary/aromatic N) is 2. The van der Waals surface area contributed by atoms with Crippen LogP contribution in [0.25, 0.3) is 0 Å². The van der Waals surface area contributed by atoms with Crippen molar-refractivity contribution in [3.63, 3.8) is 0 Å². The minimum atomic E-state index is 0. The first-order valence-electron chi connectivity index (χ1n) is 8.33. The first-order valence-corrected chi connectivity index (χ1v) is 8.33. The molecule has 1 aromatic carbocycles. The van der Waals surface area contributed by atoms with Gasteiger partial charge in [0, 0.05) is 25.2 Å². The summed E-state index contributed by atoms with van der Waals surface area (Å²) in [5.41, 5.74) is 1.19. The number of carbonyl (C=O) groups is 1. The van der Waals surface area contributed by atoms with Gasteiger partial charge in [0.25, 0.3) is 0 Å². The van der Waals surface area contributed by atoms with E-state index >= 15 is 0 Å². The highest BCUT2D eigenvalue weighted by Gasteiger charge is 2.24. The lowest BCUT2D eigenvalue weighted by molar-refractivity contribution is -0.135. The maximum Gasteiger partial charge on any atom is 0.237 e. The molecule has 1 saturated heterocycles. The second-order valence-corrected chi connectivity index (χ2v) is 6.46. The third-order valence-corrected chi connectivity index (χ3v) is 4.41. The molecule has 1 aliphatic rings. The average molecular weight is 340 g/mol. The number of carbonyl (C=O) groups excluding carboxylic acids is 1. The largest absolute Gasteiger partial charge is 0.335 e. The van der Waals surface area contributed by atoms with Gasteiger partial charge in [-0.25, -0.2) is 0 Å². The van der Waals surface area contributed by atoms with E-state index in [0.29, 0.717) is 19.1 Å². The zero-order chi connectivity index (χ0) is 15.9. The van der Waals surface area contributed by atoms with E-state index in [1.807, 2.05) is 30.1 Å². The van der Waals surface area contributed by atoms with E-state index in [1.165, 1.54) is 18.4 Å². The number of hydrogen-bond acceptors (Lipinski definition) is 3. The van der Waals surface area contributed by atoms with Crippen LogP contribution in [0.5, 0.6) is 0 Å². The normalized spacial score (nSPS) is 18.5. The van der Waals surface area contributed by atoms with Crippen molar-refractivity contribution >= 4 is 18.3 Å². The number of likely N-dealkylation sites (tertiary alicyclic amines) is 1. The molecule has 5 heteroatoms. The maximum atomic E-state index is 12.7. The quantitative estimate of drug-likeness (QED) is 0.865. The van der Waals surface area contributed by atoms with Gasteiger partial charge in [-0.05, 0) is 45.8 Å². The van der Waals surface area contributed by atoms with Crippen molar-refractivity contribution in [2.24, 2.45) is 0 Å². The topological polar surface area (TPSA) is 35.6 Å². The Hall–Kier alpha value is -1.10. The fraction of sp³-hybridized carbons (Fsp3) is 0.611. The minimum absolute atomic E-state index is 0. The molecule has 1 heterocycles. The van der Waals surface area contributed by atoms with E-state index in [-0.39, 0.29) is 24.4 Å². The molecule has 1 unspecified atom stereocenters. The molecule has 1 atom stereocenters. The lowest BCUT2D eigenvalue weighted by Gasteiger charge is -2.34. The van der Waals surface area contributed by atoms with Crippen LogP contribution in [0.3, 0.4) is 0 Å². The van der Waals surface area contributed by atoms with Gasteiger partial charge in [0.1, 0.15) is 0 Å². The molecule has 23 heavy (non-hydrogen) atoms. The Morgan fingerprint density at radius 1 is 1.35 bits per heavy atom. The number of piperidine rings is 1. The van der Waals surface area contributed by atoms with Gasteiger partial charge in [0.2, 0.25) is 5.91 Å². The number of nitrogens with one attached hydrogen (secondary N) is 1. The van der Waals surface area contributed by atoms with E-state index in [9.17, 15) is 4.79 Å². The molecule has 1 N–H and O–H groups in total. The predicted molar refractivity (Wildman–Crippen MR) is 97.9 cm³/mol. The van der Waals surface area contributed by atoms with E-state index < -0.39 is 0 Å². The summed E-state index contributed by atoms with van der Waals surface area (Å²) >= 11 is 0. The Morgan fingerprint density at radius 3 is 2.65 bits per heavy atom. The Balaban J connectivity index is 0.00000264. The molecule has 0 spiro atoms. The Morgan fingerprint density at radius 2 is 2.04 bits per heavy atom. The van der Waals surface area contributed by atoms with Crippen LogP contribution < -0.4 is 5.32 Å². The van der Waals surface area contributed by atoms with E-state index in [0.717, 1.165) is 13.1 Å². The Bertz CT molecular complexity index is 467. The van der Waals surface area contributed by atoms with Crippen LogP contribution in [0.2, 0.25) is 0 Å². The van der Waals surface area contributed by atoms with Crippen molar-refractivity contribution in [1.29, 1.82) is 0 Å². The number of amides is 1. The zero-order valence-electron chi connectivity index (χ0n) is 14.5. The van der Waals surface area contributed by atoms with Crippen molar-refractivity contribution in [2.45, 2.75) is 45.3 Å². The third kappa shape index (κ3) is 6.13. The van der Waals surface area contributed by atoms with Crippen molar-refractivity contribution in [3.05, 3.63) is 35.9 Å².